The molecule has 1 aliphatic rings. The zero-order chi connectivity index (χ0) is 11.4. The smallest absolute Gasteiger partial charge is 0.314 e. The largest absolute Gasteiger partial charge is 0.426 e. The molecule has 0 aliphatic heterocycles. The second-order valence-corrected chi connectivity index (χ2v) is 3.83. The molecule has 1 aromatic rings. The van der Waals surface area contributed by atoms with Gasteiger partial charge in [-0.25, -0.2) is 0 Å². The van der Waals surface area contributed by atoms with Crippen LogP contribution < -0.4 is 4.74 Å². The van der Waals surface area contributed by atoms with E-state index in [1.54, 1.807) is 24.3 Å². The van der Waals surface area contributed by atoms with E-state index < -0.39 is 0 Å². The van der Waals surface area contributed by atoms with E-state index in [-0.39, 0.29) is 11.9 Å². The molecule has 1 aromatic carbocycles. The third-order valence-corrected chi connectivity index (χ3v) is 2.76. The molecule has 1 fully saturated rings. The normalized spacial score (nSPS) is 16.0. The Morgan fingerprint density at radius 3 is 2.81 bits per heavy atom. The molecule has 0 aromatic heterocycles. The van der Waals surface area contributed by atoms with E-state index in [0.717, 1.165) is 19.3 Å². The number of hydrogen-bond acceptors (Lipinski definition) is 4. The van der Waals surface area contributed by atoms with Crippen molar-refractivity contribution in [3.8, 4) is 5.75 Å². The fourth-order valence-corrected chi connectivity index (χ4v) is 1.58. The number of ether oxygens (including phenoxy) is 1. The highest BCUT2D eigenvalue weighted by Gasteiger charge is 2.27. The zero-order valence-corrected chi connectivity index (χ0v) is 8.80. The Labute approximate surface area is 93.5 Å². The van der Waals surface area contributed by atoms with Crippen LogP contribution in [-0.4, -0.2) is 17.4 Å². The van der Waals surface area contributed by atoms with Crippen molar-refractivity contribution in [2.75, 3.05) is 0 Å². The third-order valence-electron chi connectivity index (χ3n) is 2.76. The van der Waals surface area contributed by atoms with Crippen molar-refractivity contribution < 1.29 is 14.7 Å². The molecule has 84 valence electrons. The molecule has 2 rings (SSSR count). The van der Waals surface area contributed by atoms with Crippen molar-refractivity contribution in [2.24, 2.45) is 11.1 Å². The number of carbonyl (C=O) groups excluding carboxylic acids is 1. The monoisotopic (exact) mass is 219 g/mol. The zero-order valence-electron chi connectivity index (χ0n) is 8.80. The minimum atomic E-state index is -0.190. The predicted octanol–water partition coefficient (Wildman–Crippen LogP) is 2.20. The molecule has 4 heteroatoms. The summed E-state index contributed by atoms with van der Waals surface area (Å²) in [4.78, 5) is 11.6. The first-order chi connectivity index (χ1) is 7.81. The van der Waals surface area contributed by atoms with Crippen LogP contribution in [0.4, 0.5) is 0 Å². The van der Waals surface area contributed by atoms with Crippen LogP contribution >= 0.6 is 0 Å². The van der Waals surface area contributed by atoms with Gasteiger partial charge in [-0.15, -0.1) is 0 Å². The van der Waals surface area contributed by atoms with Crippen molar-refractivity contribution in [2.45, 2.75) is 19.3 Å². The van der Waals surface area contributed by atoms with Gasteiger partial charge in [0.1, 0.15) is 5.75 Å². The number of esters is 1. The molecule has 0 radical (unpaired) electrons. The van der Waals surface area contributed by atoms with Gasteiger partial charge in [-0.3, -0.25) is 4.79 Å². The van der Waals surface area contributed by atoms with Crippen LogP contribution in [0.5, 0.6) is 5.75 Å². The lowest BCUT2D eigenvalue weighted by Crippen LogP contribution is -2.26. The first-order valence-corrected chi connectivity index (χ1v) is 5.29. The predicted molar refractivity (Wildman–Crippen MR) is 58.8 cm³/mol. The molecule has 0 bridgehead atoms. The fraction of sp³-hybridized carbons (Fsp3) is 0.333. The summed E-state index contributed by atoms with van der Waals surface area (Å²) in [5, 5.41) is 11.4. The van der Waals surface area contributed by atoms with Crippen LogP contribution in [0.1, 0.15) is 24.8 Å². The molecule has 0 unspecified atom stereocenters. The average molecular weight is 219 g/mol. The first kappa shape index (κ1) is 10.7. The fourth-order valence-electron chi connectivity index (χ4n) is 1.58. The summed E-state index contributed by atoms with van der Waals surface area (Å²) in [5.74, 6) is 0.293. The average Bonchev–Trinajstić information content (AvgIpc) is 2.18. The lowest BCUT2D eigenvalue weighted by Gasteiger charge is -2.23. The highest BCUT2D eigenvalue weighted by atomic mass is 16.5. The minimum Gasteiger partial charge on any atom is -0.426 e. The van der Waals surface area contributed by atoms with Gasteiger partial charge in [0.25, 0.3) is 0 Å². The Bertz CT molecular complexity index is 410. The van der Waals surface area contributed by atoms with E-state index >= 15 is 0 Å². The summed E-state index contributed by atoms with van der Waals surface area (Å²) in [7, 11) is 0. The van der Waals surface area contributed by atoms with Gasteiger partial charge in [0.05, 0.1) is 12.1 Å². The number of carbonyl (C=O) groups is 1. The minimum absolute atomic E-state index is 0.0409. The molecule has 1 N–H and O–H groups in total. The van der Waals surface area contributed by atoms with Gasteiger partial charge in [0.2, 0.25) is 0 Å². The number of rotatable bonds is 3. The van der Waals surface area contributed by atoms with Gasteiger partial charge in [-0.2, -0.15) is 0 Å². The van der Waals surface area contributed by atoms with Crippen molar-refractivity contribution in [1.82, 2.24) is 0 Å². The van der Waals surface area contributed by atoms with Crippen molar-refractivity contribution in [3.63, 3.8) is 0 Å². The molecule has 1 aliphatic carbocycles. The van der Waals surface area contributed by atoms with E-state index in [1.807, 2.05) is 0 Å². The van der Waals surface area contributed by atoms with E-state index in [2.05, 4.69) is 5.16 Å². The van der Waals surface area contributed by atoms with Gasteiger partial charge >= 0.3 is 5.97 Å². The van der Waals surface area contributed by atoms with Crippen LogP contribution in [0, 0.1) is 5.92 Å². The summed E-state index contributed by atoms with van der Waals surface area (Å²) in [6.45, 7) is 0. The molecule has 0 atom stereocenters. The quantitative estimate of drug-likeness (QED) is 0.279. The maximum atomic E-state index is 11.6. The summed E-state index contributed by atoms with van der Waals surface area (Å²) in [6, 6.07) is 6.98. The number of nitrogens with zero attached hydrogens (tertiary/aromatic N) is 1. The lowest BCUT2D eigenvalue weighted by molar-refractivity contribution is -0.141. The third kappa shape index (κ3) is 2.21. The van der Waals surface area contributed by atoms with Gasteiger partial charge in [-0.1, -0.05) is 23.7 Å². The van der Waals surface area contributed by atoms with E-state index in [9.17, 15) is 4.79 Å². The molecule has 0 amide bonds. The van der Waals surface area contributed by atoms with Gasteiger partial charge in [0, 0.05) is 5.56 Å². The molecular weight excluding hydrogens is 206 g/mol. The van der Waals surface area contributed by atoms with Gasteiger partial charge in [-0.05, 0) is 25.0 Å². The number of hydrogen-bond donors (Lipinski definition) is 1. The van der Waals surface area contributed by atoms with Crippen molar-refractivity contribution in [3.05, 3.63) is 29.8 Å². The lowest BCUT2D eigenvalue weighted by atomic mass is 9.86. The Hall–Kier alpha value is -1.84. The number of para-hydroxylation sites is 1. The van der Waals surface area contributed by atoms with E-state index in [0.29, 0.717) is 11.3 Å². The Balaban J connectivity index is 2.10. The van der Waals surface area contributed by atoms with Crippen LogP contribution in [0.25, 0.3) is 0 Å². The Morgan fingerprint density at radius 2 is 2.19 bits per heavy atom. The summed E-state index contributed by atoms with van der Waals surface area (Å²) in [5.41, 5.74) is 0.595. The van der Waals surface area contributed by atoms with E-state index in [1.165, 1.54) is 6.21 Å². The SMILES string of the molecule is O=C(Oc1ccccc1C=NO)C1CCC1. The topological polar surface area (TPSA) is 58.9 Å². The Morgan fingerprint density at radius 1 is 1.44 bits per heavy atom. The standard InChI is InChI=1S/C12H13NO3/c14-12(9-5-3-6-9)16-11-7-2-1-4-10(11)8-13-15/h1-2,4,7-9,15H,3,5-6H2. The summed E-state index contributed by atoms with van der Waals surface area (Å²) in [6.07, 6.45) is 4.17. The van der Waals surface area contributed by atoms with Crippen molar-refractivity contribution >= 4 is 12.2 Å². The molecule has 0 saturated heterocycles. The van der Waals surface area contributed by atoms with Crippen LogP contribution in [-0.2, 0) is 4.79 Å². The van der Waals surface area contributed by atoms with E-state index in [4.69, 9.17) is 9.94 Å². The first-order valence-electron chi connectivity index (χ1n) is 5.29. The maximum absolute atomic E-state index is 11.6. The molecule has 4 nitrogen and oxygen atoms in total. The summed E-state index contributed by atoms with van der Waals surface area (Å²) >= 11 is 0. The van der Waals surface area contributed by atoms with Crippen molar-refractivity contribution in [1.29, 1.82) is 0 Å². The highest BCUT2D eigenvalue weighted by molar-refractivity contribution is 5.85. The molecule has 1 saturated carbocycles. The van der Waals surface area contributed by atoms with Crippen LogP contribution in [0.15, 0.2) is 29.4 Å². The van der Waals surface area contributed by atoms with Crippen LogP contribution in [0.3, 0.4) is 0 Å². The molecule has 16 heavy (non-hydrogen) atoms. The molecule has 0 spiro atoms. The van der Waals surface area contributed by atoms with Gasteiger partial charge in [0.15, 0.2) is 0 Å². The van der Waals surface area contributed by atoms with Crippen LogP contribution in [0.2, 0.25) is 0 Å². The molecular formula is C12H13NO3. The second kappa shape index (κ2) is 4.79. The Kier molecular flexibility index (Phi) is 3.19. The number of oxime groups is 1. The highest BCUT2D eigenvalue weighted by Crippen LogP contribution is 2.28. The van der Waals surface area contributed by atoms with Gasteiger partial charge < -0.3 is 9.94 Å². The second-order valence-electron chi connectivity index (χ2n) is 3.83. The molecule has 0 heterocycles. The maximum Gasteiger partial charge on any atom is 0.314 e. The number of benzene rings is 1. The summed E-state index contributed by atoms with van der Waals surface area (Å²) < 4.78 is 5.26.